The summed E-state index contributed by atoms with van der Waals surface area (Å²) in [6, 6.07) is 0. The Morgan fingerprint density at radius 1 is 1.56 bits per heavy atom. The largest absolute Gasteiger partial charge is 0.304 e. The van der Waals surface area contributed by atoms with E-state index < -0.39 is 0 Å². The highest BCUT2D eigenvalue weighted by Crippen LogP contribution is 2.03. The molecule has 0 fully saturated rings. The first-order valence-corrected chi connectivity index (χ1v) is 2.73. The summed E-state index contributed by atoms with van der Waals surface area (Å²) in [5, 5.41) is 7.18. The van der Waals surface area contributed by atoms with Gasteiger partial charge < -0.3 is 10.2 Å². The van der Waals surface area contributed by atoms with E-state index in [0.717, 1.165) is 6.29 Å². The molecule has 0 radical (unpaired) electrons. The lowest BCUT2D eigenvalue weighted by molar-refractivity contribution is -0.108. The molecular weight excluding hydrogens is 114 g/mol. The number of nitrogens with one attached hydrogen (secondary N) is 1. The predicted molar refractivity (Wildman–Crippen MR) is 35.6 cm³/mol. The summed E-state index contributed by atoms with van der Waals surface area (Å²) < 4.78 is 0. The Hall–Kier alpha value is -1.18. The van der Waals surface area contributed by atoms with Gasteiger partial charge in [0.1, 0.15) is 6.29 Å². The molecule has 0 bridgehead atoms. The van der Waals surface area contributed by atoms with Gasteiger partial charge in [-0.05, 0) is 6.08 Å². The van der Waals surface area contributed by atoms with Gasteiger partial charge in [-0.15, -0.1) is 0 Å². The van der Waals surface area contributed by atoms with Gasteiger partial charge >= 0.3 is 0 Å². The number of carbonyl (C=O) groups is 1. The molecule has 2 nitrogen and oxygen atoms in total. The van der Waals surface area contributed by atoms with E-state index in [-0.39, 0.29) is 5.92 Å². The molecule has 1 atom stereocenters. The minimum absolute atomic E-state index is 0.310. The van der Waals surface area contributed by atoms with Gasteiger partial charge in [-0.25, -0.2) is 0 Å². The predicted octanol–water partition coefficient (Wildman–Crippen LogP) is 0.947. The Labute approximate surface area is 53.4 Å². The van der Waals surface area contributed by atoms with Gasteiger partial charge in [-0.3, -0.25) is 0 Å². The van der Waals surface area contributed by atoms with Crippen LogP contribution in [0.15, 0.2) is 24.3 Å². The third-order valence-corrected chi connectivity index (χ3v) is 1.21. The lowest BCUT2D eigenvalue weighted by Crippen LogP contribution is -2.11. The van der Waals surface area contributed by atoms with Crippen molar-refractivity contribution in [3.63, 3.8) is 0 Å². The van der Waals surface area contributed by atoms with Crippen molar-refractivity contribution in [1.29, 1.82) is 5.41 Å². The van der Waals surface area contributed by atoms with E-state index >= 15 is 0 Å². The minimum atomic E-state index is -0.310. The first-order chi connectivity index (χ1) is 4.34. The zero-order valence-corrected chi connectivity index (χ0v) is 4.87. The molecule has 0 aromatic carbocycles. The van der Waals surface area contributed by atoms with Gasteiger partial charge in [-0.1, -0.05) is 18.2 Å². The molecule has 0 saturated carbocycles. The molecule has 2 heteroatoms. The van der Waals surface area contributed by atoms with Gasteiger partial charge in [0.2, 0.25) is 0 Å². The fraction of sp³-hybridized carbons (Fsp3) is 0.143. The van der Waals surface area contributed by atoms with E-state index in [4.69, 9.17) is 5.41 Å². The normalized spacial score (nSPS) is 24.4. The molecule has 0 saturated heterocycles. The molecule has 1 aliphatic carbocycles. The first kappa shape index (κ1) is 5.95. The van der Waals surface area contributed by atoms with Crippen LogP contribution in [0.25, 0.3) is 0 Å². The molecule has 1 N–H and O–H groups in total. The fourth-order valence-electron chi connectivity index (χ4n) is 0.677. The van der Waals surface area contributed by atoms with Gasteiger partial charge in [-0.2, -0.15) is 0 Å². The standard InChI is InChI=1S/C7H7NO/c8-7-4-2-1-3-6(7)5-9/h1-6,8H. The van der Waals surface area contributed by atoms with E-state index in [9.17, 15) is 4.79 Å². The zero-order valence-electron chi connectivity index (χ0n) is 4.87. The van der Waals surface area contributed by atoms with E-state index in [0.29, 0.717) is 5.71 Å². The third-order valence-electron chi connectivity index (χ3n) is 1.21. The fourth-order valence-corrected chi connectivity index (χ4v) is 0.677. The number of hydrogen-bond acceptors (Lipinski definition) is 2. The van der Waals surface area contributed by atoms with Gasteiger partial charge in [0.15, 0.2) is 0 Å². The minimum Gasteiger partial charge on any atom is -0.304 e. The van der Waals surface area contributed by atoms with Crippen LogP contribution in [0.2, 0.25) is 0 Å². The van der Waals surface area contributed by atoms with Crippen molar-refractivity contribution in [3.8, 4) is 0 Å². The summed E-state index contributed by atoms with van der Waals surface area (Å²) in [7, 11) is 0. The monoisotopic (exact) mass is 121 g/mol. The average molecular weight is 121 g/mol. The van der Waals surface area contributed by atoms with Gasteiger partial charge in [0.05, 0.1) is 5.92 Å². The molecule has 9 heavy (non-hydrogen) atoms. The highest BCUT2D eigenvalue weighted by atomic mass is 16.1. The molecule has 0 aromatic heterocycles. The Kier molecular flexibility index (Phi) is 1.58. The van der Waals surface area contributed by atoms with E-state index in [1.807, 2.05) is 0 Å². The summed E-state index contributed by atoms with van der Waals surface area (Å²) in [6.45, 7) is 0. The van der Waals surface area contributed by atoms with Gasteiger partial charge in [0.25, 0.3) is 0 Å². The van der Waals surface area contributed by atoms with E-state index in [2.05, 4.69) is 0 Å². The molecule has 0 amide bonds. The second-order valence-corrected chi connectivity index (χ2v) is 1.86. The average Bonchev–Trinajstić information content (AvgIpc) is 1.89. The second-order valence-electron chi connectivity index (χ2n) is 1.86. The van der Waals surface area contributed by atoms with Crippen LogP contribution < -0.4 is 0 Å². The summed E-state index contributed by atoms with van der Waals surface area (Å²) in [6.07, 6.45) is 7.62. The Bertz CT molecular complexity index is 191. The SMILES string of the molecule is N=C1C=CC=CC1C=O. The van der Waals surface area contributed by atoms with Crippen molar-refractivity contribution in [3.05, 3.63) is 24.3 Å². The highest BCUT2D eigenvalue weighted by molar-refractivity contribution is 6.05. The lowest BCUT2D eigenvalue weighted by Gasteiger charge is -2.04. The molecule has 0 aliphatic heterocycles. The highest BCUT2D eigenvalue weighted by Gasteiger charge is 2.07. The number of allylic oxidation sites excluding steroid dienone is 4. The number of hydrogen-bond donors (Lipinski definition) is 1. The third kappa shape index (κ3) is 1.13. The van der Waals surface area contributed by atoms with Crippen LogP contribution in [0.3, 0.4) is 0 Å². The Morgan fingerprint density at radius 3 is 2.78 bits per heavy atom. The van der Waals surface area contributed by atoms with Crippen LogP contribution >= 0.6 is 0 Å². The summed E-state index contributed by atoms with van der Waals surface area (Å²) in [5.41, 5.74) is 0.368. The van der Waals surface area contributed by atoms with Crippen LogP contribution in [0.5, 0.6) is 0 Å². The molecule has 1 unspecified atom stereocenters. The van der Waals surface area contributed by atoms with E-state index in [1.165, 1.54) is 0 Å². The number of rotatable bonds is 1. The molecule has 0 aromatic rings. The molecular formula is C7H7NO. The quantitative estimate of drug-likeness (QED) is 0.515. The number of aldehydes is 1. The van der Waals surface area contributed by atoms with Crippen molar-refractivity contribution in [2.45, 2.75) is 0 Å². The molecule has 1 aliphatic rings. The smallest absolute Gasteiger partial charge is 0.132 e. The summed E-state index contributed by atoms with van der Waals surface area (Å²) in [4.78, 5) is 10.1. The van der Waals surface area contributed by atoms with Crippen molar-refractivity contribution in [2.24, 2.45) is 5.92 Å². The van der Waals surface area contributed by atoms with Crippen molar-refractivity contribution in [1.82, 2.24) is 0 Å². The summed E-state index contributed by atoms with van der Waals surface area (Å²) >= 11 is 0. The maximum absolute atomic E-state index is 10.1. The van der Waals surface area contributed by atoms with Crippen LogP contribution in [-0.4, -0.2) is 12.0 Å². The van der Waals surface area contributed by atoms with Crippen molar-refractivity contribution in [2.75, 3.05) is 0 Å². The molecule has 0 spiro atoms. The van der Waals surface area contributed by atoms with Crippen LogP contribution in [-0.2, 0) is 4.79 Å². The molecule has 0 heterocycles. The molecule has 1 rings (SSSR count). The van der Waals surface area contributed by atoms with Crippen LogP contribution in [0.4, 0.5) is 0 Å². The second kappa shape index (κ2) is 2.40. The zero-order chi connectivity index (χ0) is 6.69. The Balaban J connectivity index is 2.77. The van der Waals surface area contributed by atoms with Crippen LogP contribution in [0.1, 0.15) is 0 Å². The topological polar surface area (TPSA) is 40.9 Å². The Morgan fingerprint density at radius 2 is 2.33 bits per heavy atom. The van der Waals surface area contributed by atoms with E-state index in [1.54, 1.807) is 24.3 Å². The van der Waals surface area contributed by atoms with Crippen molar-refractivity contribution < 1.29 is 4.79 Å². The maximum atomic E-state index is 10.1. The number of carbonyl (C=O) groups excluding carboxylic acids is 1. The first-order valence-electron chi connectivity index (χ1n) is 2.73. The molecule has 46 valence electrons. The van der Waals surface area contributed by atoms with Crippen LogP contribution in [0, 0.1) is 11.3 Å². The summed E-state index contributed by atoms with van der Waals surface area (Å²) in [5.74, 6) is -0.310. The van der Waals surface area contributed by atoms with Crippen molar-refractivity contribution >= 4 is 12.0 Å². The lowest BCUT2D eigenvalue weighted by atomic mass is 10.0. The van der Waals surface area contributed by atoms with Gasteiger partial charge in [0, 0.05) is 5.71 Å². The maximum Gasteiger partial charge on any atom is 0.132 e.